The number of rotatable bonds is 1. The third-order valence-electron chi connectivity index (χ3n) is 3.69. The Morgan fingerprint density at radius 3 is 2.23 bits per heavy atom. The molecule has 0 aromatic carbocycles. The van der Waals surface area contributed by atoms with Crippen LogP contribution in [-0.2, 0) is 0 Å². The minimum absolute atomic E-state index is 0.856. The third kappa shape index (κ3) is 1.72. The zero-order valence-electron chi connectivity index (χ0n) is 8.55. The van der Waals surface area contributed by atoms with Crippen molar-refractivity contribution in [3.8, 4) is 0 Å². The minimum Gasteiger partial charge on any atom is -0.360 e. The molecule has 0 radical (unpaired) electrons. The van der Waals surface area contributed by atoms with Crippen molar-refractivity contribution in [3.05, 3.63) is 0 Å². The highest BCUT2D eigenvalue weighted by Crippen LogP contribution is 2.36. The molecule has 0 amide bonds. The van der Waals surface area contributed by atoms with Crippen LogP contribution in [0.4, 0.5) is 0 Å². The van der Waals surface area contributed by atoms with Crippen LogP contribution in [0.15, 0.2) is 0 Å². The molecule has 0 aromatic heterocycles. The Kier molecular flexibility index (Phi) is 2.56. The van der Waals surface area contributed by atoms with Crippen LogP contribution < -0.4 is 0 Å². The maximum absolute atomic E-state index is 7.81. The molecule has 2 fully saturated rings. The van der Waals surface area contributed by atoms with Crippen LogP contribution in [0.1, 0.15) is 39.0 Å². The SMILES string of the molecule is CCC(=N)N1C[C@H]2CCCC[C@H]2C1. The molecule has 0 unspecified atom stereocenters. The maximum Gasteiger partial charge on any atom is 0.0955 e. The van der Waals surface area contributed by atoms with E-state index in [1.165, 1.54) is 38.8 Å². The van der Waals surface area contributed by atoms with Gasteiger partial charge in [0.1, 0.15) is 0 Å². The number of nitrogens with one attached hydrogen (secondary N) is 1. The van der Waals surface area contributed by atoms with Crippen molar-refractivity contribution in [2.45, 2.75) is 39.0 Å². The summed E-state index contributed by atoms with van der Waals surface area (Å²) in [5, 5.41) is 7.81. The molecule has 2 atom stereocenters. The molecule has 1 aliphatic heterocycles. The largest absolute Gasteiger partial charge is 0.360 e. The predicted molar refractivity (Wildman–Crippen MR) is 55.0 cm³/mol. The second-order valence-corrected chi connectivity index (χ2v) is 4.51. The Balaban J connectivity index is 1.94. The molecule has 2 nitrogen and oxygen atoms in total. The van der Waals surface area contributed by atoms with E-state index in [0.29, 0.717) is 0 Å². The van der Waals surface area contributed by atoms with E-state index < -0.39 is 0 Å². The number of hydrogen-bond acceptors (Lipinski definition) is 1. The normalized spacial score (nSPS) is 33.2. The van der Waals surface area contributed by atoms with Crippen molar-refractivity contribution in [2.75, 3.05) is 13.1 Å². The summed E-state index contributed by atoms with van der Waals surface area (Å²) in [5.74, 6) is 2.69. The number of amidine groups is 1. The first kappa shape index (κ1) is 9.04. The molecule has 0 aromatic rings. The second-order valence-electron chi connectivity index (χ2n) is 4.51. The Morgan fingerprint density at radius 1 is 1.23 bits per heavy atom. The smallest absolute Gasteiger partial charge is 0.0955 e. The fourth-order valence-corrected chi connectivity index (χ4v) is 2.85. The lowest BCUT2D eigenvalue weighted by Crippen LogP contribution is -2.27. The number of hydrogen-bond donors (Lipinski definition) is 1. The monoisotopic (exact) mass is 180 g/mol. The van der Waals surface area contributed by atoms with Crippen molar-refractivity contribution in [3.63, 3.8) is 0 Å². The van der Waals surface area contributed by atoms with Gasteiger partial charge in [-0.25, -0.2) is 0 Å². The van der Waals surface area contributed by atoms with Crippen LogP contribution in [-0.4, -0.2) is 23.8 Å². The summed E-state index contributed by atoms with van der Waals surface area (Å²) in [7, 11) is 0. The molecule has 1 N–H and O–H groups in total. The highest BCUT2D eigenvalue weighted by Gasteiger charge is 2.34. The molecular formula is C11H20N2. The quantitative estimate of drug-likeness (QED) is 0.487. The zero-order valence-corrected chi connectivity index (χ0v) is 8.55. The van der Waals surface area contributed by atoms with E-state index in [1.807, 2.05) is 0 Å². The van der Waals surface area contributed by atoms with Gasteiger partial charge >= 0.3 is 0 Å². The van der Waals surface area contributed by atoms with Gasteiger partial charge < -0.3 is 4.90 Å². The lowest BCUT2D eigenvalue weighted by molar-refractivity contribution is 0.299. The van der Waals surface area contributed by atoms with Gasteiger partial charge in [0.05, 0.1) is 5.84 Å². The molecule has 2 aliphatic rings. The molecule has 74 valence electrons. The molecule has 1 saturated heterocycles. The average Bonchev–Trinajstić information content (AvgIpc) is 2.59. The fourth-order valence-electron chi connectivity index (χ4n) is 2.85. The van der Waals surface area contributed by atoms with Gasteiger partial charge in [-0.15, -0.1) is 0 Å². The number of likely N-dealkylation sites (tertiary alicyclic amines) is 1. The first-order valence-corrected chi connectivity index (χ1v) is 5.63. The van der Waals surface area contributed by atoms with E-state index >= 15 is 0 Å². The summed E-state index contributed by atoms with van der Waals surface area (Å²) < 4.78 is 0. The zero-order chi connectivity index (χ0) is 9.26. The summed E-state index contributed by atoms with van der Waals surface area (Å²) in [4.78, 5) is 2.31. The fraction of sp³-hybridized carbons (Fsp3) is 0.909. The van der Waals surface area contributed by atoms with Gasteiger partial charge in [0.2, 0.25) is 0 Å². The van der Waals surface area contributed by atoms with Gasteiger partial charge in [-0.05, 0) is 24.7 Å². The highest BCUT2D eigenvalue weighted by molar-refractivity contribution is 5.79. The molecule has 2 heteroatoms. The van der Waals surface area contributed by atoms with Gasteiger partial charge in [-0.1, -0.05) is 19.8 Å². The van der Waals surface area contributed by atoms with Gasteiger partial charge in [-0.3, -0.25) is 5.41 Å². The summed E-state index contributed by atoms with van der Waals surface area (Å²) in [6.45, 7) is 4.44. The molecule has 0 spiro atoms. The lowest BCUT2D eigenvalue weighted by atomic mass is 9.82. The van der Waals surface area contributed by atoms with Crippen molar-refractivity contribution in [1.29, 1.82) is 5.41 Å². The molecule has 1 aliphatic carbocycles. The Labute approximate surface area is 80.8 Å². The molecule has 13 heavy (non-hydrogen) atoms. The highest BCUT2D eigenvalue weighted by atomic mass is 15.2. The topological polar surface area (TPSA) is 27.1 Å². The van der Waals surface area contributed by atoms with E-state index in [4.69, 9.17) is 5.41 Å². The standard InChI is InChI=1S/C11H20N2/c1-2-11(12)13-7-9-5-3-4-6-10(9)8-13/h9-10,12H,2-8H2,1H3/t9-,10+. The van der Waals surface area contributed by atoms with Crippen molar-refractivity contribution < 1.29 is 0 Å². The number of fused-ring (bicyclic) bond motifs is 1. The number of nitrogens with zero attached hydrogens (tertiary/aromatic N) is 1. The van der Waals surface area contributed by atoms with E-state index in [0.717, 1.165) is 24.1 Å². The van der Waals surface area contributed by atoms with Crippen molar-refractivity contribution >= 4 is 5.84 Å². The summed E-state index contributed by atoms with van der Waals surface area (Å²) in [6.07, 6.45) is 6.58. The molecule has 1 heterocycles. The van der Waals surface area contributed by atoms with Gasteiger partial charge in [-0.2, -0.15) is 0 Å². The first-order chi connectivity index (χ1) is 6.31. The van der Waals surface area contributed by atoms with Crippen LogP contribution in [0.3, 0.4) is 0 Å². The van der Waals surface area contributed by atoms with E-state index in [-0.39, 0.29) is 0 Å². The van der Waals surface area contributed by atoms with Crippen LogP contribution in [0.2, 0.25) is 0 Å². The van der Waals surface area contributed by atoms with Crippen LogP contribution in [0, 0.1) is 17.2 Å². The minimum atomic E-state index is 0.856. The van der Waals surface area contributed by atoms with Gasteiger partial charge in [0.15, 0.2) is 0 Å². The first-order valence-electron chi connectivity index (χ1n) is 5.63. The molecule has 1 saturated carbocycles. The Bertz CT molecular complexity index is 186. The van der Waals surface area contributed by atoms with Crippen LogP contribution >= 0.6 is 0 Å². The van der Waals surface area contributed by atoms with Gasteiger partial charge in [0, 0.05) is 19.5 Å². The van der Waals surface area contributed by atoms with Crippen molar-refractivity contribution in [2.24, 2.45) is 11.8 Å². The lowest BCUT2D eigenvalue weighted by Gasteiger charge is -2.22. The van der Waals surface area contributed by atoms with Crippen molar-refractivity contribution in [1.82, 2.24) is 4.90 Å². The molecule has 2 rings (SSSR count). The van der Waals surface area contributed by atoms with Crippen LogP contribution in [0.5, 0.6) is 0 Å². The molecule has 0 bridgehead atoms. The van der Waals surface area contributed by atoms with Gasteiger partial charge in [0.25, 0.3) is 0 Å². The Morgan fingerprint density at radius 2 is 1.77 bits per heavy atom. The van der Waals surface area contributed by atoms with E-state index in [9.17, 15) is 0 Å². The summed E-state index contributed by atoms with van der Waals surface area (Å²) in [5.41, 5.74) is 0. The van der Waals surface area contributed by atoms with E-state index in [2.05, 4.69) is 11.8 Å². The van der Waals surface area contributed by atoms with E-state index in [1.54, 1.807) is 0 Å². The third-order valence-corrected chi connectivity index (χ3v) is 3.69. The summed E-state index contributed by atoms with van der Waals surface area (Å²) >= 11 is 0. The average molecular weight is 180 g/mol. The maximum atomic E-state index is 7.81. The Hall–Kier alpha value is -0.530. The van der Waals surface area contributed by atoms with Crippen LogP contribution in [0.25, 0.3) is 0 Å². The molecular weight excluding hydrogens is 160 g/mol. The predicted octanol–water partition coefficient (Wildman–Crippen LogP) is 2.50. The summed E-state index contributed by atoms with van der Waals surface area (Å²) in [6, 6.07) is 0. The second kappa shape index (κ2) is 3.69.